The van der Waals surface area contributed by atoms with Crippen LogP contribution in [-0.2, 0) is 17.7 Å². The molecule has 0 saturated heterocycles. The fraction of sp³-hybridized carbons (Fsp3) is 0.500. The maximum Gasteiger partial charge on any atom is 0.0716 e. The van der Waals surface area contributed by atoms with Gasteiger partial charge in [-0.2, -0.15) is 5.10 Å². The van der Waals surface area contributed by atoms with Crippen LogP contribution in [0.1, 0.15) is 12.6 Å². The van der Waals surface area contributed by atoms with Crippen molar-refractivity contribution in [1.29, 1.82) is 0 Å². The number of hydrogen-bond acceptors (Lipinski definition) is 3. The van der Waals surface area contributed by atoms with E-state index < -0.39 is 0 Å². The van der Waals surface area contributed by atoms with E-state index in [1.54, 1.807) is 7.11 Å². The number of methoxy groups -OCH3 is 1. The van der Waals surface area contributed by atoms with Gasteiger partial charge in [-0.3, -0.25) is 4.68 Å². The van der Waals surface area contributed by atoms with Crippen molar-refractivity contribution in [3.05, 3.63) is 30.0 Å². The molecule has 0 aliphatic rings. The van der Waals surface area contributed by atoms with E-state index in [9.17, 15) is 0 Å². The third-order valence-electron chi connectivity index (χ3n) is 3.06. The third kappa shape index (κ3) is 2.89. The van der Waals surface area contributed by atoms with E-state index in [0.717, 1.165) is 32.7 Å². The maximum atomic E-state index is 5.00. The topological polar surface area (TPSA) is 39.1 Å². The lowest BCUT2D eigenvalue weighted by Gasteiger charge is -2.02. The molecule has 0 atom stereocenters. The Kier molecular flexibility index (Phi) is 4.73. The van der Waals surface area contributed by atoms with Crippen molar-refractivity contribution in [2.75, 3.05) is 26.8 Å². The number of aromatic nitrogens is 2. The number of aryl methyl sites for hydroxylation is 1. The number of benzene rings is 1. The van der Waals surface area contributed by atoms with Gasteiger partial charge >= 0.3 is 0 Å². The van der Waals surface area contributed by atoms with Crippen LogP contribution in [0.4, 0.5) is 0 Å². The van der Waals surface area contributed by atoms with Gasteiger partial charge in [-0.25, -0.2) is 0 Å². The molecule has 4 nitrogen and oxygen atoms in total. The average Bonchev–Trinajstić information content (AvgIpc) is 2.77. The molecule has 2 aromatic rings. The zero-order valence-corrected chi connectivity index (χ0v) is 11.1. The van der Waals surface area contributed by atoms with Crippen molar-refractivity contribution in [2.24, 2.45) is 0 Å². The molecule has 0 spiro atoms. The second-order valence-electron chi connectivity index (χ2n) is 4.27. The molecule has 0 unspecified atom stereocenters. The number of rotatable bonds is 7. The summed E-state index contributed by atoms with van der Waals surface area (Å²) < 4.78 is 7.07. The molecule has 2 rings (SSSR count). The van der Waals surface area contributed by atoms with Crippen molar-refractivity contribution < 1.29 is 4.74 Å². The normalized spacial score (nSPS) is 11.2. The van der Waals surface area contributed by atoms with E-state index in [1.165, 1.54) is 16.6 Å². The van der Waals surface area contributed by atoms with Crippen molar-refractivity contribution >= 4 is 10.9 Å². The Bertz CT molecular complexity index is 493. The summed E-state index contributed by atoms with van der Waals surface area (Å²) in [6.45, 7) is 5.62. The van der Waals surface area contributed by atoms with Gasteiger partial charge in [-0.15, -0.1) is 0 Å². The molecule has 0 aliphatic carbocycles. The molecule has 0 radical (unpaired) electrons. The molecule has 1 N–H and O–H groups in total. The summed E-state index contributed by atoms with van der Waals surface area (Å²) in [4.78, 5) is 0. The lowest BCUT2D eigenvalue weighted by atomic mass is 10.1. The zero-order valence-electron chi connectivity index (χ0n) is 11.1. The maximum absolute atomic E-state index is 5.00. The first kappa shape index (κ1) is 13.1. The first-order valence-electron chi connectivity index (χ1n) is 6.51. The van der Waals surface area contributed by atoms with Crippen LogP contribution in [0.5, 0.6) is 0 Å². The highest BCUT2D eigenvalue weighted by Crippen LogP contribution is 2.18. The van der Waals surface area contributed by atoms with Crippen LogP contribution in [0.15, 0.2) is 24.3 Å². The fourth-order valence-corrected chi connectivity index (χ4v) is 2.13. The summed E-state index contributed by atoms with van der Waals surface area (Å²) in [6, 6.07) is 8.43. The van der Waals surface area contributed by atoms with Gasteiger partial charge in [0, 0.05) is 38.6 Å². The molecule has 1 aromatic heterocycles. The highest BCUT2D eigenvalue weighted by atomic mass is 16.5. The third-order valence-corrected chi connectivity index (χ3v) is 3.06. The summed E-state index contributed by atoms with van der Waals surface area (Å²) in [6.07, 6.45) is 0.956. The molecule has 0 bridgehead atoms. The van der Waals surface area contributed by atoms with E-state index in [2.05, 4.69) is 46.3 Å². The second-order valence-corrected chi connectivity index (χ2v) is 4.27. The molecular weight excluding hydrogens is 226 g/mol. The van der Waals surface area contributed by atoms with Gasteiger partial charge < -0.3 is 10.1 Å². The lowest BCUT2D eigenvalue weighted by molar-refractivity contribution is 0.199. The quantitative estimate of drug-likeness (QED) is 0.759. The van der Waals surface area contributed by atoms with Gasteiger partial charge in [-0.1, -0.05) is 18.2 Å². The number of fused-ring (bicyclic) bond motifs is 1. The Balaban J connectivity index is 2.04. The van der Waals surface area contributed by atoms with E-state index in [-0.39, 0.29) is 0 Å². The van der Waals surface area contributed by atoms with Crippen molar-refractivity contribution in [3.63, 3.8) is 0 Å². The number of hydrogen-bond donors (Lipinski definition) is 1. The summed E-state index contributed by atoms with van der Waals surface area (Å²) in [5.74, 6) is 0. The van der Waals surface area contributed by atoms with Crippen LogP contribution in [0.2, 0.25) is 0 Å². The van der Waals surface area contributed by atoms with Crippen LogP contribution in [0.3, 0.4) is 0 Å². The molecule has 0 fully saturated rings. The molecule has 0 amide bonds. The Morgan fingerprint density at radius 2 is 2.11 bits per heavy atom. The highest BCUT2D eigenvalue weighted by Gasteiger charge is 2.08. The van der Waals surface area contributed by atoms with Gasteiger partial charge in [0.15, 0.2) is 0 Å². The number of ether oxygens (including phenoxy) is 1. The van der Waals surface area contributed by atoms with Crippen molar-refractivity contribution in [2.45, 2.75) is 19.9 Å². The molecule has 98 valence electrons. The van der Waals surface area contributed by atoms with Gasteiger partial charge in [0.25, 0.3) is 0 Å². The Morgan fingerprint density at radius 1 is 1.28 bits per heavy atom. The Labute approximate surface area is 108 Å². The Hall–Kier alpha value is -1.39. The van der Waals surface area contributed by atoms with Crippen LogP contribution in [-0.4, -0.2) is 36.6 Å². The van der Waals surface area contributed by atoms with E-state index in [4.69, 9.17) is 4.74 Å². The van der Waals surface area contributed by atoms with Crippen LogP contribution in [0, 0.1) is 0 Å². The minimum Gasteiger partial charge on any atom is -0.383 e. The summed E-state index contributed by atoms with van der Waals surface area (Å²) >= 11 is 0. The fourth-order valence-electron chi connectivity index (χ4n) is 2.13. The average molecular weight is 247 g/mol. The SMILES string of the molecule is CCn1nc(CCNCCOC)c2ccccc21. The van der Waals surface area contributed by atoms with Crippen LogP contribution >= 0.6 is 0 Å². The van der Waals surface area contributed by atoms with Gasteiger partial charge in [0.2, 0.25) is 0 Å². The molecular formula is C14H21N3O. The van der Waals surface area contributed by atoms with E-state index in [0.29, 0.717) is 0 Å². The molecule has 18 heavy (non-hydrogen) atoms. The predicted molar refractivity (Wildman–Crippen MR) is 73.9 cm³/mol. The first-order chi connectivity index (χ1) is 8.86. The number of nitrogens with zero attached hydrogens (tertiary/aromatic N) is 2. The minimum atomic E-state index is 0.754. The second kappa shape index (κ2) is 6.52. The van der Waals surface area contributed by atoms with Gasteiger partial charge in [0.1, 0.15) is 0 Å². The standard InChI is InChI=1S/C14H21N3O/c1-3-17-14-7-5-4-6-12(14)13(16-17)8-9-15-10-11-18-2/h4-7,15H,3,8-11H2,1-2H3. The van der Waals surface area contributed by atoms with Crippen molar-refractivity contribution in [3.8, 4) is 0 Å². The monoisotopic (exact) mass is 247 g/mol. The highest BCUT2D eigenvalue weighted by molar-refractivity contribution is 5.81. The zero-order chi connectivity index (χ0) is 12.8. The molecule has 0 aliphatic heterocycles. The lowest BCUT2D eigenvalue weighted by Crippen LogP contribution is -2.21. The van der Waals surface area contributed by atoms with Crippen molar-refractivity contribution in [1.82, 2.24) is 15.1 Å². The van der Waals surface area contributed by atoms with Crippen LogP contribution < -0.4 is 5.32 Å². The summed E-state index contributed by atoms with van der Waals surface area (Å²) in [7, 11) is 1.72. The van der Waals surface area contributed by atoms with Gasteiger partial charge in [0.05, 0.1) is 17.8 Å². The molecule has 1 aromatic carbocycles. The smallest absolute Gasteiger partial charge is 0.0716 e. The molecule has 0 saturated carbocycles. The summed E-state index contributed by atoms with van der Waals surface area (Å²) in [5.41, 5.74) is 2.41. The summed E-state index contributed by atoms with van der Waals surface area (Å²) in [5, 5.41) is 9.29. The minimum absolute atomic E-state index is 0.754. The molecule has 4 heteroatoms. The largest absolute Gasteiger partial charge is 0.383 e. The van der Waals surface area contributed by atoms with E-state index >= 15 is 0 Å². The molecule has 1 heterocycles. The number of nitrogens with one attached hydrogen (secondary N) is 1. The number of para-hydroxylation sites is 1. The van der Waals surface area contributed by atoms with Crippen LogP contribution in [0.25, 0.3) is 10.9 Å². The first-order valence-corrected chi connectivity index (χ1v) is 6.51. The Morgan fingerprint density at radius 3 is 2.89 bits per heavy atom. The van der Waals surface area contributed by atoms with E-state index in [1.807, 2.05) is 0 Å². The predicted octanol–water partition coefficient (Wildman–Crippen LogP) is 1.83. The van der Waals surface area contributed by atoms with Gasteiger partial charge in [-0.05, 0) is 13.0 Å².